The second-order valence-corrected chi connectivity index (χ2v) is 6.26. The summed E-state index contributed by atoms with van der Waals surface area (Å²) in [6.45, 7) is 1.44. The van der Waals surface area contributed by atoms with E-state index in [-0.39, 0.29) is 11.3 Å². The molecule has 0 heterocycles. The summed E-state index contributed by atoms with van der Waals surface area (Å²) in [5.74, 6) is -1.32. The van der Waals surface area contributed by atoms with Crippen LogP contribution in [0.3, 0.4) is 0 Å². The molecule has 0 spiro atoms. The summed E-state index contributed by atoms with van der Waals surface area (Å²) in [5.41, 5.74) is 2.13. The molecule has 0 saturated carbocycles. The van der Waals surface area contributed by atoms with E-state index in [0.717, 1.165) is 17.2 Å². The number of nitro groups is 1. The molecule has 3 aromatic carbocycles. The van der Waals surface area contributed by atoms with Crippen LogP contribution >= 0.6 is 0 Å². The number of amides is 1. The number of benzene rings is 3. The third-order valence-corrected chi connectivity index (χ3v) is 4.22. The third-order valence-electron chi connectivity index (χ3n) is 4.22. The summed E-state index contributed by atoms with van der Waals surface area (Å²) in [6, 6.07) is 22.0. The van der Waals surface area contributed by atoms with Gasteiger partial charge in [-0.2, -0.15) is 0 Å². The van der Waals surface area contributed by atoms with E-state index < -0.39 is 22.9 Å². The van der Waals surface area contributed by atoms with Gasteiger partial charge in [0, 0.05) is 23.4 Å². The van der Waals surface area contributed by atoms with Crippen LogP contribution in [0.25, 0.3) is 11.1 Å². The van der Waals surface area contributed by atoms with Gasteiger partial charge in [-0.3, -0.25) is 14.9 Å². The van der Waals surface area contributed by atoms with Crippen LogP contribution in [0.5, 0.6) is 0 Å². The van der Waals surface area contributed by atoms with E-state index >= 15 is 0 Å². The number of hydrogen-bond acceptors (Lipinski definition) is 5. The molecule has 3 aromatic rings. The predicted molar refractivity (Wildman–Crippen MR) is 108 cm³/mol. The van der Waals surface area contributed by atoms with Crippen LogP contribution in [0, 0.1) is 10.1 Å². The Balaban J connectivity index is 1.71. The van der Waals surface area contributed by atoms with Gasteiger partial charge in [-0.1, -0.05) is 54.6 Å². The highest BCUT2D eigenvalue weighted by Gasteiger charge is 2.21. The molecule has 0 aliphatic heterocycles. The second kappa shape index (κ2) is 8.79. The van der Waals surface area contributed by atoms with Crippen molar-refractivity contribution in [2.24, 2.45) is 0 Å². The Hall–Kier alpha value is -4.00. The fraction of sp³-hybridized carbons (Fsp3) is 0.0909. The molecule has 7 nitrogen and oxygen atoms in total. The zero-order chi connectivity index (χ0) is 20.8. The number of ether oxygens (including phenoxy) is 1. The lowest BCUT2D eigenvalue weighted by Crippen LogP contribution is -2.30. The molecule has 0 unspecified atom stereocenters. The molecule has 0 fully saturated rings. The van der Waals surface area contributed by atoms with Crippen molar-refractivity contribution in [1.82, 2.24) is 0 Å². The van der Waals surface area contributed by atoms with Gasteiger partial charge in [0.1, 0.15) is 0 Å². The molecule has 3 rings (SSSR count). The zero-order valence-electron chi connectivity index (χ0n) is 15.6. The summed E-state index contributed by atoms with van der Waals surface area (Å²) in [6.07, 6.45) is -1.09. The molecule has 29 heavy (non-hydrogen) atoms. The SMILES string of the molecule is C[C@H](OC(=O)c1cccc([N+](=O)[O-])c1)C(=O)Nc1ccccc1-c1ccccc1. The Morgan fingerprint density at radius 1 is 0.966 bits per heavy atom. The van der Waals surface area contributed by atoms with Crippen molar-refractivity contribution >= 4 is 23.3 Å². The van der Waals surface area contributed by atoms with Crippen LogP contribution in [0.15, 0.2) is 78.9 Å². The average molecular weight is 390 g/mol. The number of carbonyl (C=O) groups is 2. The largest absolute Gasteiger partial charge is 0.449 e. The van der Waals surface area contributed by atoms with Crippen molar-refractivity contribution < 1.29 is 19.2 Å². The van der Waals surface area contributed by atoms with Crippen LogP contribution in [-0.4, -0.2) is 22.9 Å². The van der Waals surface area contributed by atoms with E-state index in [1.54, 1.807) is 12.1 Å². The molecule has 7 heteroatoms. The van der Waals surface area contributed by atoms with Crippen molar-refractivity contribution in [3.05, 3.63) is 94.5 Å². The van der Waals surface area contributed by atoms with E-state index in [1.165, 1.54) is 25.1 Å². The first-order valence-corrected chi connectivity index (χ1v) is 8.86. The minimum atomic E-state index is -1.09. The lowest BCUT2D eigenvalue weighted by atomic mass is 10.0. The van der Waals surface area contributed by atoms with E-state index in [1.807, 2.05) is 42.5 Å². The Bertz CT molecular complexity index is 1050. The number of nitrogens with zero attached hydrogens (tertiary/aromatic N) is 1. The molecule has 1 amide bonds. The fourth-order valence-electron chi connectivity index (χ4n) is 2.72. The van der Waals surface area contributed by atoms with E-state index in [9.17, 15) is 19.7 Å². The molecule has 0 aliphatic rings. The Kier molecular flexibility index (Phi) is 5.99. The standard InChI is InChI=1S/C22H18N2O5/c1-15(29-22(26)17-10-7-11-18(14-17)24(27)28)21(25)23-20-13-6-5-12-19(20)16-8-3-2-4-9-16/h2-15H,1H3,(H,23,25)/t15-/m0/s1. The van der Waals surface area contributed by atoms with Crippen molar-refractivity contribution in [3.63, 3.8) is 0 Å². The maximum Gasteiger partial charge on any atom is 0.339 e. The van der Waals surface area contributed by atoms with Gasteiger partial charge in [0.25, 0.3) is 11.6 Å². The lowest BCUT2D eigenvalue weighted by Gasteiger charge is -2.16. The first kappa shape index (κ1) is 19.8. The molecule has 0 bridgehead atoms. The zero-order valence-corrected chi connectivity index (χ0v) is 15.6. The summed E-state index contributed by atoms with van der Waals surface area (Å²) in [7, 11) is 0. The van der Waals surface area contributed by atoms with E-state index in [0.29, 0.717) is 5.69 Å². The van der Waals surface area contributed by atoms with Gasteiger partial charge in [0.05, 0.1) is 10.5 Å². The second-order valence-electron chi connectivity index (χ2n) is 6.26. The minimum absolute atomic E-state index is 0.00327. The van der Waals surface area contributed by atoms with Crippen LogP contribution in [-0.2, 0) is 9.53 Å². The Labute approximate surface area is 167 Å². The molecule has 0 saturated heterocycles. The topological polar surface area (TPSA) is 98.5 Å². The number of carbonyl (C=O) groups excluding carboxylic acids is 2. The quantitative estimate of drug-likeness (QED) is 0.381. The van der Waals surface area contributed by atoms with E-state index in [2.05, 4.69) is 5.32 Å². The molecule has 1 N–H and O–H groups in total. The highest BCUT2D eigenvalue weighted by atomic mass is 16.6. The molecule has 146 valence electrons. The van der Waals surface area contributed by atoms with Gasteiger partial charge >= 0.3 is 5.97 Å². The van der Waals surface area contributed by atoms with Crippen LogP contribution in [0.4, 0.5) is 11.4 Å². The van der Waals surface area contributed by atoms with E-state index in [4.69, 9.17) is 4.74 Å². The average Bonchev–Trinajstić information content (AvgIpc) is 2.74. The summed E-state index contributed by atoms with van der Waals surface area (Å²) in [4.78, 5) is 35.0. The van der Waals surface area contributed by atoms with Gasteiger partial charge in [-0.05, 0) is 24.6 Å². The maximum atomic E-state index is 12.5. The van der Waals surface area contributed by atoms with Crippen LogP contribution < -0.4 is 5.32 Å². The van der Waals surface area contributed by atoms with Gasteiger partial charge in [-0.25, -0.2) is 4.79 Å². The van der Waals surface area contributed by atoms with Gasteiger partial charge in [0.15, 0.2) is 6.10 Å². The van der Waals surface area contributed by atoms with Crippen molar-refractivity contribution in [1.29, 1.82) is 0 Å². The molecule has 0 aromatic heterocycles. The molecular formula is C22H18N2O5. The number of anilines is 1. The molecular weight excluding hydrogens is 372 g/mol. The lowest BCUT2D eigenvalue weighted by molar-refractivity contribution is -0.384. The van der Waals surface area contributed by atoms with Crippen LogP contribution in [0.1, 0.15) is 17.3 Å². The number of nitro benzene ring substituents is 1. The normalized spacial score (nSPS) is 11.3. The summed E-state index contributed by atoms with van der Waals surface area (Å²) < 4.78 is 5.18. The maximum absolute atomic E-state index is 12.5. The smallest absolute Gasteiger partial charge is 0.339 e. The number of para-hydroxylation sites is 1. The third kappa shape index (κ3) is 4.84. The van der Waals surface area contributed by atoms with Gasteiger partial charge in [-0.15, -0.1) is 0 Å². The number of non-ortho nitro benzene ring substituents is 1. The number of nitrogens with one attached hydrogen (secondary N) is 1. The van der Waals surface area contributed by atoms with Crippen molar-refractivity contribution in [2.45, 2.75) is 13.0 Å². The Morgan fingerprint density at radius 2 is 1.66 bits per heavy atom. The van der Waals surface area contributed by atoms with Crippen molar-refractivity contribution in [3.8, 4) is 11.1 Å². The van der Waals surface area contributed by atoms with Gasteiger partial charge < -0.3 is 10.1 Å². The first-order chi connectivity index (χ1) is 14.0. The highest BCUT2D eigenvalue weighted by molar-refractivity contribution is 6.00. The summed E-state index contributed by atoms with van der Waals surface area (Å²) in [5, 5.41) is 13.6. The first-order valence-electron chi connectivity index (χ1n) is 8.86. The fourth-order valence-corrected chi connectivity index (χ4v) is 2.72. The van der Waals surface area contributed by atoms with Gasteiger partial charge in [0.2, 0.25) is 0 Å². The molecule has 0 aliphatic carbocycles. The van der Waals surface area contributed by atoms with Crippen LogP contribution in [0.2, 0.25) is 0 Å². The number of hydrogen-bond donors (Lipinski definition) is 1. The highest BCUT2D eigenvalue weighted by Crippen LogP contribution is 2.27. The molecule has 1 atom stereocenters. The Morgan fingerprint density at radius 3 is 2.38 bits per heavy atom. The number of rotatable bonds is 6. The minimum Gasteiger partial charge on any atom is -0.449 e. The number of esters is 1. The predicted octanol–water partition coefficient (Wildman–Crippen LogP) is 4.45. The van der Waals surface area contributed by atoms with Crippen molar-refractivity contribution in [2.75, 3.05) is 5.32 Å². The summed E-state index contributed by atoms with van der Waals surface area (Å²) >= 11 is 0. The monoisotopic (exact) mass is 390 g/mol. The molecule has 0 radical (unpaired) electrons.